The molecule has 1 fully saturated rings. The van der Waals surface area contributed by atoms with Crippen LogP contribution in [0.3, 0.4) is 0 Å². The maximum Gasteiger partial charge on any atom is 0.209 e. The van der Waals surface area contributed by atoms with Gasteiger partial charge in [0.15, 0.2) is 0 Å². The zero-order valence-electron chi connectivity index (χ0n) is 12.0. The molecule has 1 aromatic rings. The van der Waals surface area contributed by atoms with E-state index in [0.717, 1.165) is 43.1 Å². The highest BCUT2D eigenvalue weighted by Gasteiger charge is 2.19. The van der Waals surface area contributed by atoms with Gasteiger partial charge in [-0.2, -0.15) is 0 Å². The molecule has 1 saturated carbocycles. The highest BCUT2D eigenvalue weighted by atomic mass is 32.2. The summed E-state index contributed by atoms with van der Waals surface area (Å²) in [6, 6.07) is 0.729. The van der Waals surface area contributed by atoms with Gasteiger partial charge < -0.3 is 14.8 Å². The predicted molar refractivity (Wildman–Crippen MR) is 76.9 cm³/mol. The van der Waals surface area contributed by atoms with Crippen molar-refractivity contribution < 1.29 is 9.47 Å². The molecule has 0 radical (unpaired) electrons. The summed E-state index contributed by atoms with van der Waals surface area (Å²) in [4.78, 5) is 0. The van der Waals surface area contributed by atoms with Crippen LogP contribution in [-0.2, 0) is 16.0 Å². The van der Waals surface area contributed by atoms with Crippen molar-refractivity contribution in [1.29, 1.82) is 0 Å². The molecule has 20 heavy (non-hydrogen) atoms. The fourth-order valence-corrected chi connectivity index (χ4v) is 2.49. The van der Waals surface area contributed by atoms with Crippen molar-refractivity contribution in [2.24, 2.45) is 0 Å². The molecular formula is C12H23N5O2S. The number of nitrogens with zero attached hydrogens (tertiary/aromatic N) is 4. The van der Waals surface area contributed by atoms with Gasteiger partial charge in [0.25, 0.3) is 0 Å². The normalized spacial score (nSPS) is 14.8. The average molecular weight is 301 g/mol. The first-order chi connectivity index (χ1) is 9.90. The summed E-state index contributed by atoms with van der Waals surface area (Å²) in [5.41, 5.74) is 0. The number of thioether (sulfide) groups is 1. The van der Waals surface area contributed by atoms with Gasteiger partial charge in [0, 0.05) is 32.1 Å². The van der Waals surface area contributed by atoms with Crippen LogP contribution in [0.1, 0.15) is 19.3 Å². The monoisotopic (exact) mass is 301 g/mol. The molecule has 0 bridgehead atoms. The van der Waals surface area contributed by atoms with Crippen molar-refractivity contribution in [3.8, 4) is 0 Å². The fourth-order valence-electron chi connectivity index (χ4n) is 1.67. The Labute approximate surface area is 123 Å². The number of aromatic nitrogens is 4. The third kappa shape index (κ3) is 6.17. The van der Waals surface area contributed by atoms with Crippen molar-refractivity contribution in [2.45, 2.75) is 37.0 Å². The molecule has 114 valence electrons. The van der Waals surface area contributed by atoms with E-state index < -0.39 is 0 Å². The van der Waals surface area contributed by atoms with Gasteiger partial charge in [-0.05, 0) is 29.7 Å². The van der Waals surface area contributed by atoms with Gasteiger partial charge in [-0.25, -0.2) is 4.68 Å². The minimum Gasteiger partial charge on any atom is -0.382 e. The molecule has 0 atom stereocenters. The molecule has 8 heteroatoms. The number of rotatable bonds is 12. The van der Waals surface area contributed by atoms with Crippen LogP contribution in [0.15, 0.2) is 5.16 Å². The van der Waals surface area contributed by atoms with E-state index in [0.29, 0.717) is 13.2 Å². The summed E-state index contributed by atoms with van der Waals surface area (Å²) in [5, 5.41) is 16.2. The molecule has 0 unspecified atom stereocenters. The Bertz CT molecular complexity index is 372. The highest BCUT2D eigenvalue weighted by molar-refractivity contribution is 7.99. The van der Waals surface area contributed by atoms with E-state index in [-0.39, 0.29) is 0 Å². The summed E-state index contributed by atoms with van der Waals surface area (Å²) in [6.45, 7) is 3.83. The van der Waals surface area contributed by atoms with Gasteiger partial charge in [-0.3, -0.25) is 0 Å². The van der Waals surface area contributed by atoms with Crippen LogP contribution >= 0.6 is 11.8 Å². The second-order valence-electron chi connectivity index (χ2n) is 4.72. The minimum atomic E-state index is 0.652. The summed E-state index contributed by atoms with van der Waals surface area (Å²) < 4.78 is 12.2. The largest absolute Gasteiger partial charge is 0.382 e. The van der Waals surface area contributed by atoms with E-state index in [1.165, 1.54) is 12.8 Å². The predicted octanol–water partition coefficient (Wildman–Crippen LogP) is 0.570. The molecule has 0 amide bonds. The van der Waals surface area contributed by atoms with Crippen LogP contribution in [0.25, 0.3) is 0 Å². The van der Waals surface area contributed by atoms with E-state index in [4.69, 9.17) is 9.47 Å². The molecule has 1 aliphatic rings. The Kier molecular flexibility index (Phi) is 7.27. The quantitative estimate of drug-likeness (QED) is 0.447. The van der Waals surface area contributed by atoms with Crippen LogP contribution in [-0.4, -0.2) is 65.5 Å². The molecular weight excluding hydrogens is 278 g/mol. The van der Waals surface area contributed by atoms with Crippen molar-refractivity contribution in [2.75, 3.05) is 39.2 Å². The molecule has 1 aliphatic carbocycles. The zero-order chi connectivity index (χ0) is 14.0. The second kappa shape index (κ2) is 9.28. The standard InChI is InChI=1S/C12H23N5O2S/c1-18-8-9-19-7-2-10-20-12-14-15-16-17(12)6-5-13-11-3-4-11/h11,13H,2-10H2,1H3. The maximum absolute atomic E-state index is 5.42. The van der Waals surface area contributed by atoms with E-state index in [1.807, 2.05) is 4.68 Å². The first-order valence-corrected chi connectivity index (χ1v) is 8.07. The third-order valence-electron chi connectivity index (χ3n) is 2.93. The van der Waals surface area contributed by atoms with Gasteiger partial charge >= 0.3 is 0 Å². The highest BCUT2D eigenvalue weighted by Crippen LogP contribution is 2.18. The van der Waals surface area contributed by atoms with Crippen LogP contribution in [0.4, 0.5) is 0 Å². The maximum atomic E-state index is 5.42. The Balaban J connectivity index is 1.54. The van der Waals surface area contributed by atoms with E-state index in [1.54, 1.807) is 18.9 Å². The number of nitrogens with one attached hydrogen (secondary N) is 1. The van der Waals surface area contributed by atoms with Crippen LogP contribution in [0.5, 0.6) is 0 Å². The molecule has 1 N–H and O–H groups in total. The van der Waals surface area contributed by atoms with E-state index in [9.17, 15) is 0 Å². The number of tetrazole rings is 1. The number of methoxy groups -OCH3 is 1. The fraction of sp³-hybridized carbons (Fsp3) is 0.917. The molecule has 0 aromatic carbocycles. The van der Waals surface area contributed by atoms with Crippen LogP contribution in [0.2, 0.25) is 0 Å². The van der Waals surface area contributed by atoms with E-state index in [2.05, 4.69) is 20.8 Å². The number of hydrogen-bond acceptors (Lipinski definition) is 7. The zero-order valence-corrected chi connectivity index (χ0v) is 12.8. The topological polar surface area (TPSA) is 74.1 Å². The summed E-state index contributed by atoms with van der Waals surface area (Å²) >= 11 is 1.68. The smallest absolute Gasteiger partial charge is 0.209 e. The summed E-state index contributed by atoms with van der Waals surface area (Å²) in [6.07, 6.45) is 3.60. The lowest BCUT2D eigenvalue weighted by molar-refractivity contribution is 0.0713. The Hall–Kier alpha value is -0.700. The van der Waals surface area contributed by atoms with Gasteiger partial charge in [-0.1, -0.05) is 11.8 Å². The first-order valence-electron chi connectivity index (χ1n) is 7.09. The second-order valence-corrected chi connectivity index (χ2v) is 5.78. The summed E-state index contributed by atoms with van der Waals surface area (Å²) in [5.74, 6) is 0.962. The Morgan fingerprint density at radius 3 is 3.05 bits per heavy atom. The number of ether oxygens (including phenoxy) is 2. The van der Waals surface area contributed by atoms with Gasteiger partial charge in [0.05, 0.1) is 19.8 Å². The molecule has 0 aliphatic heterocycles. The van der Waals surface area contributed by atoms with Crippen molar-refractivity contribution in [3.05, 3.63) is 0 Å². The number of hydrogen-bond donors (Lipinski definition) is 1. The Morgan fingerprint density at radius 1 is 1.35 bits per heavy atom. The molecule has 7 nitrogen and oxygen atoms in total. The third-order valence-corrected chi connectivity index (χ3v) is 3.97. The van der Waals surface area contributed by atoms with Gasteiger partial charge in [-0.15, -0.1) is 5.10 Å². The molecule has 1 heterocycles. The van der Waals surface area contributed by atoms with Crippen molar-refractivity contribution >= 4 is 11.8 Å². The summed E-state index contributed by atoms with van der Waals surface area (Å²) in [7, 11) is 1.68. The molecule has 2 rings (SSSR count). The Morgan fingerprint density at radius 2 is 2.25 bits per heavy atom. The average Bonchev–Trinajstić information content (AvgIpc) is 3.17. The lowest BCUT2D eigenvalue weighted by atomic mass is 10.5. The molecule has 0 spiro atoms. The van der Waals surface area contributed by atoms with Gasteiger partial charge in [0.1, 0.15) is 0 Å². The van der Waals surface area contributed by atoms with Crippen LogP contribution in [0, 0.1) is 0 Å². The van der Waals surface area contributed by atoms with Gasteiger partial charge in [0.2, 0.25) is 5.16 Å². The SMILES string of the molecule is COCCOCCCSc1nnnn1CCNC1CC1. The molecule has 1 aromatic heterocycles. The first kappa shape index (κ1) is 15.7. The van der Waals surface area contributed by atoms with Crippen molar-refractivity contribution in [1.82, 2.24) is 25.5 Å². The minimum absolute atomic E-state index is 0.652. The lowest BCUT2D eigenvalue weighted by Crippen LogP contribution is -2.22. The van der Waals surface area contributed by atoms with E-state index >= 15 is 0 Å². The molecule has 0 saturated heterocycles. The van der Waals surface area contributed by atoms with Crippen LogP contribution < -0.4 is 5.32 Å². The lowest BCUT2D eigenvalue weighted by Gasteiger charge is -2.05. The van der Waals surface area contributed by atoms with Crippen molar-refractivity contribution in [3.63, 3.8) is 0 Å².